The second-order valence-corrected chi connectivity index (χ2v) is 7.65. The van der Waals surface area contributed by atoms with E-state index in [2.05, 4.69) is 5.32 Å². The van der Waals surface area contributed by atoms with Gasteiger partial charge in [-0.1, -0.05) is 38.1 Å². The number of rotatable bonds is 6. The molecule has 0 aromatic heterocycles. The Morgan fingerprint density at radius 1 is 0.933 bits per heavy atom. The number of carbonyl (C=O) groups is 4. The van der Waals surface area contributed by atoms with Crippen LogP contribution in [0.15, 0.2) is 48.5 Å². The lowest BCUT2D eigenvalue weighted by Crippen LogP contribution is -2.50. The predicted molar refractivity (Wildman–Crippen MR) is 111 cm³/mol. The molecule has 0 bridgehead atoms. The molecule has 2 aromatic rings. The van der Waals surface area contributed by atoms with Gasteiger partial charge in [0.25, 0.3) is 17.7 Å². The smallest absolute Gasteiger partial charge is 0.330 e. The molecule has 0 radical (unpaired) electrons. The lowest BCUT2D eigenvalue weighted by Gasteiger charge is -2.28. The molecule has 2 aromatic carbocycles. The van der Waals surface area contributed by atoms with Gasteiger partial charge in [-0.3, -0.25) is 19.3 Å². The lowest BCUT2D eigenvalue weighted by atomic mass is 10.0. The summed E-state index contributed by atoms with van der Waals surface area (Å²) in [5.41, 5.74) is 2.07. The molecule has 3 rings (SSSR count). The Morgan fingerprint density at radius 2 is 1.53 bits per heavy atom. The summed E-state index contributed by atoms with van der Waals surface area (Å²) in [5.74, 6) is -2.77. The summed E-state index contributed by atoms with van der Waals surface area (Å²) < 4.78 is 5.35. The first-order chi connectivity index (χ1) is 14.2. The fourth-order valence-corrected chi connectivity index (χ4v) is 3.40. The standard InChI is InChI=1S/C23H24N2O5/c1-13(2)19(25-21(27)17-10-5-6-11-18(17)22(25)28)23(29)30-15(4)20(26)24-16-9-7-8-14(3)12-16/h5-13,15,19H,1-4H3,(H,24,26)/t15-,19+/m1/s1. The van der Waals surface area contributed by atoms with Gasteiger partial charge in [-0.05, 0) is 49.6 Å². The number of benzene rings is 2. The van der Waals surface area contributed by atoms with Crippen LogP contribution in [-0.2, 0) is 14.3 Å². The number of aryl methyl sites for hydroxylation is 1. The SMILES string of the molecule is Cc1cccc(NC(=O)[C@@H](C)OC(=O)[C@H](C(C)C)N2C(=O)c3ccccc3C2=O)c1. The number of ether oxygens (including phenoxy) is 1. The Morgan fingerprint density at radius 3 is 2.07 bits per heavy atom. The van der Waals surface area contributed by atoms with Crippen molar-refractivity contribution in [2.24, 2.45) is 5.92 Å². The van der Waals surface area contributed by atoms with Gasteiger partial charge in [-0.2, -0.15) is 0 Å². The number of hydrogen-bond donors (Lipinski definition) is 1. The number of fused-ring (bicyclic) bond motifs is 1. The second kappa shape index (κ2) is 8.49. The van der Waals surface area contributed by atoms with Crippen LogP contribution in [0.4, 0.5) is 5.69 Å². The Balaban J connectivity index is 1.74. The largest absolute Gasteiger partial charge is 0.451 e. The number of amides is 3. The van der Waals surface area contributed by atoms with Crippen LogP contribution in [0.2, 0.25) is 0 Å². The highest BCUT2D eigenvalue weighted by Gasteiger charge is 2.45. The van der Waals surface area contributed by atoms with Crippen LogP contribution in [0.5, 0.6) is 0 Å². The summed E-state index contributed by atoms with van der Waals surface area (Å²) in [5, 5.41) is 2.69. The van der Waals surface area contributed by atoms with Gasteiger partial charge in [-0.15, -0.1) is 0 Å². The maximum Gasteiger partial charge on any atom is 0.330 e. The quantitative estimate of drug-likeness (QED) is 0.585. The molecule has 7 heteroatoms. The molecule has 7 nitrogen and oxygen atoms in total. The van der Waals surface area contributed by atoms with Crippen molar-refractivity contribution in [3.63, 3.8) is 0 Å². The Kier molecular flexibility index (Phi) is 6.01. The van der Waals surface area contributed by atoms with Crippen LogP contribution < -0.4 is 5.32 Å². The Hall–Kier alpha value is -3.48. The van der Waals surface area contributed by atoms with E-state index in [1.807, 2.05) is 13.0 Å². The highest BCUT2D eigenvalue weighted by atomic mass is 16.5. The molecule has 0 fully saturated rings. The summed E-state index contributed by atoms with van der Waals surface area (Å²) in [6.45, 7) is 6.77. The summed E-state index contributed by atoms with van der Waals surface area (Å²) in [4.78, 5) is 51.8. The van der Waals surface area contributed by atoms with E-state index >= 15 is 0 Å². The maximum atomic E-state index is 12.9. The van der Waals surface area contributed by atoms with Crippen LogP contribution in [0.1, 0.15) is 47.1 Å². The van der Waals surface area contributed by atoms with Crippen LogP contribution in [0.25, 0.3) is 0 Å². The number of nitrogens with one attached hydrogen (secondary N) is 1. The number of carbonyl (C=O) groups excluding carboxylic acids is 4. The molecule has 3 amide bonds. The molecule has 0 spiro atoms. The number of hydrogen-bond acceptors (Lipinski definition) is 5. The van der Waals surface area contributed by atoms with Gasteiger partial charge < -0.3 is 10.1 Å². The molecule has 0 saturated heterocycles. The lowest BCUT2D eigenvalue weighted by molar-refractivity contribution is -0.158. The van der Waals surface area contributed by atoms with Gasteiger partial charge in [0.05, 0.1) is 11.1 Å². The third kappa shape index (κ3) is 4.10. The maximum absolute atomic E-state index is 12.9. The summed E-state index contributed by atoms with van der Waals surface area (Å²) in [7, 11) is 0. The van der Waals surface area contributed by atoms with Crippen molar-refractivity contribution in [2.75, 3.05) is 5.32 Å². The van der Waals surface area contributed by atoms with E-state index in [1.54, 1.807) is 56.3 Å². The van der Waals surface area contributed by atoms with Gasteiger partial charge in [-0.25, -0.2) is 4.79 Å². The molecule has 1 N–H and O–H groups in total. The normalized spacial score (nSPS) is 15.0. The Bertz CT molecular complexity index is 979. The fourth-order valence-electron chi connectivity index (χ4n) is 3.40. The van der Waals surface area contributed by atoms with Gasteiger partial charge in [0.15, 0.2) is 6.10 Å². The van der Waals surface area contributed by atoms with Crippen molar-refractivity contribution in [2.45, 2.75) is 39.8 Å². The zero-order valence-corrected chi connectivity index (χ0v) is 17.3. The molecule has 1 heterocycles. The Labute approximate surface area is 175 Å². The number of esters is 1. The minimum absolute atomic E-state index is 0.256. The highest BCUT2D eigenvalue weighted by Crippen LogP contribution is 2.28. The average Bonchev–Trinajstić information content (AvgIpc) is 2.93. The van der Waals surface area contributed by atoms with E-state index in [-0.39, 0.29) is 11.1 Å². The van der Waals surface area contributed by atoms with Crippen LogP contribution in [-0.4, -0.2) is 40.7 Å². The van der Waals surface area contributed by atoms with Gasteiger partial charge in [0, 0.05) is 5.69 Å². The number of nitrogens with zero attached hydrogens (tertiary/aromatic N) is 1. The molecule has 156 valence electrons. The highest BCUT2D eigenvalue weighted by molar-refractivity contribution is 6.22. The van der Waals surface area contributed by atoms with Gasteiger partial charge in [0.1, 0.15) is 6.04 Å². The van der Waals surface area contributed by atoms with E-state index in [1.165, 1.54) is 6.92 Å². The summed E-state index contributed by atoms with van der Waals surface area (Å²) in [6, 6.07) is 12.5. The van der Waals surface area contributed by atoms with E-state index in [0.717, 1.165) is 10.5 Å². The minimum atomic E-state index is -1.13. The zero-order valence-electron chi connectivity index (χ0n) is 17.3. The van der Waals surface area contributed by atoms with Crippen molar-refractivity contribution in [1.82, 2.24) is 4.90 Å². The molecule has 0 saturated carbocycles. The van der Waals surface area contributed by atoms with Gasteiger partial charge >= 0.3 is 5.97 Å². The second-order valence-electron chi connectivity index (χ2n) is 7.65. The number of anilines is 1. The van der Waals surface area contributed by atoms with Crippen LogP contribution in [0.3, 0.4) is 0 Å². The molecular formula is C23H24N2O5. The third-order valence-corrected chi connectivity index (χ3v) is 4.92. The first-order valence-electron chi connectivity index (χ1n) is 9.75. The van der Waals surface area contributed by atoms with Crippen molar-refractivity contribution in [3.05, 3.63) is 65.2 Å². The molecular weight excluding hydrogens is 384 g/mol. The predicted octanol–water partition coefficient (Wildman–Crippen LogP) is 3.19. The first-order valence-corrected chi connectivity index (χ1v) is 9.75. The third-order valence-electron chi connectivity index (χ3n) is 4.92. The first kappa shape index (κ1) is 21.2. The molecule has 2 atom stereocenters. The topological polar surface area (TPSA) is 92.8 Å². The zero-order chi connectivity index (χ0) is 22.0. The van der Waals surface area contributed by atoms with E-state index in [9.17, 15) is 19.2 Å². The monoisotopic (exact) mass is 408 g/mol. The van der Waals surface area contributed by atoms with Gasteiger partial charge in [0.2, 0.25) is 0 Å². The minimum Gasteiger partial charge on any atom is -0.451 e. The van der Waals surface area contributed by atoms with E-state index < -0.39 is 41.8 Å². The fraction of sp³-hybridized carbons (Fsp3) is 0.304. The molecule has 0 aliphatic carbocycles. The average molecular weight is 408 g/mol. The summed E-state index contributed by atoms with van der Waals surface area (Å²) >= 11 is 0. The van der Waals surface area contributed by atoms with Crippen molar-refractivity contribution in [1.29, 1.82) is 0 Å². The van der Waals surface area contributed by atoms with E-state index in [0.29, 0.717) is 5.69 Å². The number of imide groups is 1. The van der Waals surface area contributed by atoms with Crippen LogP contribution in [0, 0.1) is 12.8 Å². The molecule has 1 aliphatic heterocycles. The van der Waals surface area contributed by atoms with Crippen molar-refractivity contribution >= 4 is 29.4 Å². The summed E-state index contributed by atoms with van der Waals surface area (Å²) in [6.07, 6.45) is -1.10. The van der Waals surface area contributed by atoms with Crippen molar-refractivity contribution < 1.29 is 23.9 Å². The van der Waals surface area contributed by atoms with E-state index in [4.69, 9.17) is 4.74 Å². The molecule has 0 unspecified atom stereocenters. The molecule has 1 aliphatic rings. The van der Waals surface area contributed by atoms with Crippen LogP contribution >= 0.6 is 0 Å². The van der Waals surface area contributed by atoms with Crippen molar-refractivity contribution in [3.8, 4) is 0 Å². The molecule has 30 heavy (non-hydrogen) atoms.